The van der Waals surface area contributed by atoms with Crippen molar-refractivity contribution in [1.82, 2.24) is 15.1 Å². The number of hydrogen-bond donors (Lipinski definition) is 2. The van der Waals surface area contributed by atoms with Crippen LogP contribution >= 0.6 is 0 Å². The lowest BCUT2D eigenvalue weighted by Crippen LogP contribution is -2.36. The highest BCUT2D eigenvalue weighted by Crippen LogP contribution is 2.07. The first-order valence-electron chi connectivity index (χ1n) is 5.30. The Hall–Kier alpha value is -1.89. The number of amides is 2. The van der Waals surface area contributed by atoms with Gasteiger partial charge in [-0.2, -0.15) is 5.10 Å². The van der Waals surface area contributed by atoms with Crippen LogP contribution in [0.4, 0.5) is 0 Å². The Morgan fingerprint density at radius 2 is 2.41 bits per heavy atom. The maximum absolute atomic E-state index is 11.9. The van der Waals surface area contributed by atoms with Gasteiger partial charge < -0.3 is 15.8 Å². The molecule has 1 saturated heterocycles. The molecule has 1 atom stereocenters. The summed E-state index contributed by atoms with van der Waals surface area (Å²) in [7, 11) is 1.59. The third kappa shape index (κ3) is 2.44. The van der Waals surface area contributed by atoms with Crippen molar-refractivity contribution in [1.29, 1.82) is 0 Å². The van der Waals surface area contributed by atoms with Crippen molar-refractivity contribution in [2.24, 2.45) is 12.8 Å². The lowest BCUT2D eigenvalue weighted by Gasteiger charge is -2.09. The summed E-state index contributed by atoms with van der Waals surface area (Å²) in [5.74, 6) is -0.924. The fourth-order valence-corrected chi connectivity index (χ4v) is 1.71. The molecule has 0 radical (unpaired) electrons. The summed E-state index contributed by atoms with van der Waals surface area (Å²) in [6.07, 6.45) is 0.798. The largest absolute Gasteiger partial charge is 0.379 e. The fraction of sp³-hybridized carbons (Fsp3) is 0.500. The molecule has 0 aliphatic carbocycles. The molecule has 2 heterocycles. The van der Waals surface area contributed by atoms with Crippen molar-refractivity contribution in [2.45, 2.75) is 12.5 Å². The minimum atomic E-state index is -0.649. The Morgan fingerprint density at radius 1 is 1.65 bits per heavy atom. The van der Waals surface area contributed by atoms with Gasteiger partial charge in [0.05, 0.1) is 12.6 Å². The standard InChI is InChI=1S/C10H14N4O3/c1-14-8(4-7(13-14)9(11)15)10(16)12-6-2-3-17-5-6/h4,6H,2-3,5H2,1H3,(H2,11,15)(H,12,16). The normalized spacial score (nSPS) is 19.2. The zero-order chi connectivity index (χ0) is 12.4. The molecule has 1 aromatic heterocycles. The number of hydrogen-bond acceptors (Lipinski definition) is 4. The molecule has 7 nitrogen and oxygen atoms in total. The second kappa shape index (κ2) is 4.54. The second-order valence-electron chi connectivity index (χ2n) is 3.94. The SMILES string of the molecule is Cn1nc(C(N)=O)cc1C(=O)NC1CCOC1. The summed E-state index contributed by atoms with van der Waals surface area (Å²) in [6, 6.07) is 1.41. The number of nitrogens with one attached hydrogen (secondary N) is 1. The third-order valence-electron chi connectivity index (χ3n) is 2.63. The first-order chi connectivity index (χ1) is 8.08. The molecule has 7 heteroatoms. The molecule has 2 amide bonds. The molecule has 0 saturated carbocycles. The van der Waals surface area contributed by atoms with Crippen LogP contribution in [-0.4, -0.2) is 40.9 Å². The number of primary amides is 1. The lowest BCUT2D eigenvalue weighted by molar-refractivity contribution is 0.0919. The van der Waals surface area contributed by atoms with Gasteiger partial charge in [0.15, 0.2) is 5.69 Å². The third-order valence-corrected chi connectivity index (χ3v) is 2.63. The summed E-state index contributed by atoms with van der Waals surface area (Å²) in [5, 5.41) is 6.67. The number of aryl methyl sites for hydroxylation is 1. The molecular weight excluding hydrogens is 224 g/mol. The Kier molecular flexibility index (Phi) is 3.10. The smallest absolute Gasteiger partial charge is 0.269 e. The van der Waals surface area contributed by atoms with E-state index in [0.717, 1.165) is 6.42 Å². The number of carbonyl (C=O) groups excluding carboxylic acids is 2. The molecule has 1 unspecified atom stereocenters. The van der Waals surface area contributed by atoms with Crippen molar-refractivity contribution >= 4 is 11.8 Å². The van der Waals surface area contributed by atoms with E-state index in [9.17, 15) is 9.59 Å². The average Bonchev–Trinajstić information content (AvgIpc) is 2.86. The van der Waals surface area contributed by atoms with Crippen LogP contribution < -0.4 is 11.1 Å². The number of rotatable bonds is 3. The predicted octanol–water partition coefficient (Wildman–Crippen LogP) is -0.962. The number of ether oxygens (including phenoxy) is 1. The molecule has 3 N–H and O–H groups in total. The van der Waals surface area contributed by atoms with Crippen LogP contribution in [0.5, 0.6) is 0 Å². The molecule has 1 fully saturated rings. The van der Waals surface area contributed by atoms with Crippen LogP contribution in [0.25, 0.3) is 0 Å². The van der Waals surface area contributed by atoms with E-state index in [1.165, 1.54) is 10.7 Å². The van der Waals surface area contributed by atoms with Gasteiger partial charge in [-0.3, -0.25) is 14.3 Å². The first-order valence-corrected chi connectivity index (χ1v) is 5.30. The van der Waals surface area contributed by atoms with Crippen molar-refractivity contribution in [2.75, 3.05) is 13.2 Å². The monoisotopic (exact) mass is 238 g/mol. The van der Waals surface area contributed by atoms with Gasteiger partial charge in [-0.25, -0.2) is 0 Å². The van der Waals surface area contributed by atoms with Crippen molar-refractivity contribution < 1.29 is 14.3 Å². The molecule has 17 heavy (non-hydrogen) atoms. The molecule has 1 aliphatic rings. The highest BCUT2D eigenvalue weighted by molar-refractivity contribution is 5.97. The van der Waals surface area contributed by atoms with Crippen LogP contribution in [0.3, 0.4) is 0 Å². The highest BCUT2D eigenvalue weighted by atomic mass is 16.5. The summed E-state index contributed by atoms with van der Waals surface area (Å²) < 4.78 is 6.49. The molecule has 92 valence electrons. The second-order valence-corrected chi connectivity index (χ2v) is 3.94. The van der Waals surface area contributed by atoms with Crippen LogP contribution in [0.1, 0.15) is 27.4 Å². The highest BCUT2D eigenvalue weighted by Gasteiger charge is 2.21. The van der Waals surface area contributed by atoms with Crippen LogP contribution in [0, 0.1) is 0 Å². The molecule has 0 bridgehead atoms. The van der Waals surface area contributed by atoms with Gasteiger partial charge in [0, 0.05) is 19.7 Å². The van der Waals surface area contributed by atoms with E-state index in [2.05, 4.69) is 10.4 Å². The van der Waals surface area contributed by atoms with Gasteiger partial charge in [-0.05, 0) is 6.42 Å². The van der Waals surface area contributed by atoms with Gasteiger partial charge >= 0.3 is 0 Å². The minimum absolute atomic E-state index is 0.0226. The number of aromatic nitrogens is 2. The van der Waals surface area contributed by atoms with Crippen LogP contribution in [0.2, 0.25) is 0 Å². The zero-order valence-corrected chi connectivity index (χ0v) is 9.47. The average molecular weight is 238 g/mol. The Labute approximate surface area is 97.9 Å². The van der Waals surface area contributed by atoms with Gasteiger partial charge in [-0.1, -0.05) is 0 Å². The minimum Gasteiger partial charge on any atom is -0.379 e. The maximum Gasteiger partial charge on any atom is 0.269 e. The van der Waals surface area contributed by atoms with Crippen LogP contribution in [0.15, 0.2) is 6.07 Å². The number of nitrogens with zero attached hydrogens (tertiary/aromatic N) is 2. The van der Waals surface area contributed by atoms with Crippen molar-refractivity contribution in [3.8, 4) is 0 Å². The molecule has 0 aromatic carbocycles. The molecule has 1 aromatic rings. The zero-order valence-electron chi connectivity index (χ0n) is 9.47. The van der Waals surface area contributed by atoms with Gasteiger partial charge in [0.2, 0.25) is 0 Å². The van der Waals surface area contributed by atoms with E-state index < -0.39 is 5.91 Å². The van der Waals surface area contributed by atoms with Crippen LogP contribution in [-0.2, 0) is 11.8 Å². The maximum atomic E-state index is 11.9. The molecule has 1 aliphatic heterocycles. The summed E-state index contributed by atoms with van der Waals surface area (Å²) in [6.45, 7) is 1.18. The van der Waals surface area contributed by atoms with Gasteiger partial charge in [-0.15, -0.1) is 0 Å². The quantitative estimate of drug-likeness (QED) is 0.708. The predicted molar refractivity (Wildman–Crippen MR) is 58.4 cm³/mol. The Morgan fingerprint density at radius 3 is 2.94 bits per heavy atom. The lowest BCUT2D eigenvalue weighted by atomic mass is 10.2. The molecule has 2 rings (SSSR count). The van der Waals surface area contributed by atoms with Gasteiger partial charge in [0.25, 0.3) is 11.8 Å². The summed E-state index contributed by atoms with van der Waals surface area (Å²) in [5.41, 5.74) is 5.49. The molecular formula is C10H14N4O3. The topological polar surface area (TPSA) is 99.2 Å². The Balaban J connectivity index is 2.10. The van der Waals surface area contributed by atoms with E-state index in [1.54, 1.807) is 7.05 Å². The number of nitrogens with two attached hydrogens (primary N) is 1. The van der Waals surface area contributed by atoms with E-state index in [1.807, 2.05) is 0 Å². The van der Waals surface area contributed by atoms with Gasteiger partial charge in [0.1, 0.15) is 5.69 Å². The van der Waals surface area contributed by atoms with E-state index in [4.69, 9.17) is 10.5 Å². The first kappa shape index (κ1) is 11.6. The van der Waals surface area contributed by atoms with E-state index in [-0.39, 0.29) is 17.6 Å². The van der Waals surface area contributed by atoms with Crippen molar-refractivity contribution in [3.63, 3.8) is 0 Å². The van der Waals surface area contributed by atoms with E-state index in [0.29, 0.717) is 18.9 Å². The summed E-state index contributed by atoms with van der Waals surface area (Å²) in [4.78, 5) is 22.8. The van der Waals surface area contributed by atoms with E-state index >= 15 is 0 Å². The fourth-order valence-electron chi connectivity index (χ4n) is 1.71. The molecule has 0 spiro atoms. The number of carbonyl (C=O) groups is 2. The summed E-state index contributed by atoms with van der Waals surface area (Å²) >= 11 is 0. The Bertz CT molecular complexity index is 448. The van der Waals surface area contributed by atoms with Crippen molar-refractivity contribution in [3.05, 3.63) is 17.5 Å².